The van der Waals surface area contributed by atoms with Crippen molar-refractivity contribution >= 4 is 17.4 Å². The van der Waals surface area contributed by atoms with E-state index in [-0.39, 0.29) is 24.5 Å². The lowest BCUT2D eigenvalue weighted by atomic mass is 9.99. The van der Waals surface area contributed by atoms with Gasteiger partial charge in [0.15, 0.2) is 5.78 Å². The Morgan fingerprint density at radius 3 is 2.40 bits per heavy atom. The van der Waals surface area contributed by atoms with Crippen LogP contribution in [0.25, 0.3) is 0 Å². The van der Waals surface area contributed by atoms with Gasteiger partial charge in [0.1, 0.15) is 11.5 Å². The Labute approximate surface area is 148 Å². The van der Waals surface area contributed by atoms with E-state index in [4.69, 9.17) is 9.47 Å². The molecule has 0 fully saturated rings. The van der Waals surface area contributed by atoms with Crippen LogP contribution in [-0.4, -0.2) is 25.9 Å². The van der Waals surface area contributed by atoms with Gasteiger partial charge in [-0.1, -0.05) is 17.7 Å². The van der Waals surface area contributed by atoms with E-state index in [1.807, 2.05) is 32.0 Å². The number of rotatable bonds is 7. The van der Waals surface area contributed by atoms with E-state index in [9.17, 15) is 9.59 Å². The molecular formula is C20H23NO4. The van der Waals surface area contributed by atoms with Crippen LogP contribution in [0.1, 0.15) is 34.3 Å². The van der Waals surface area contributed by atoms with Gasteiger partial charge in [0.25, 0.3) is 0 Å². The third-order valence-corrected chi connectivity index (χ3v) is 3.96. The quantitative estimate of drug-likeness (QED) is 0.775. The molecule has 5 heteroatoms. The van der Waals surface area contributed by atoms with E-state index >= 15 is 0 Å². The molecule has 0 aliphatic carbocycles. The first kappa shape index (κ1) is 18.5. The molecule has 0 bridgehead atoms. The Balaban J connectivity index is 1.99. The number of aryl methyl sites for hydroxylation is 2. The van der Waals surface area contributed by atoms with Crippen molar-refractivity contribution in [3.05, 3.63) is 53.1 Å². The molecule has 0 atom stereocenters. The number of hydrogen-bond donors (Lipinski definition) is 1. The maximum absolute atomic E-state index is 12.4. The number of methoxy groups -OCH3 is 2. The highest BCUT2D eigenvalue weighted by atomic mass is 16.5. The van der Waals surface area contributed by atoms with E-state index in [2.05, 4.69) is 5.32 Å². The van der Waals surface area contributed by atoms with E-state index < -0.39 is 0 Å². The van der Waals surface area contributed by atoms with Gasteiger partial charge in [-0.05, 0) is 37.6 Å². The van der Waals surface area contributed by atoms with Crippen LogP contribution in [0.3, 0.4) is 0 Å². The van der Waals surface area contributed by atoms with Crippen LogP contribution in [-0.2, 0) is 4.79 Å². The summed E-state index contributed by atoms with van der Waals surface area (Å²) in [6.07, 6.45) is 0.274. The summed E-state index contributed by atoms with van der Waals surface area (Å²) in [7, 11) is 3.08. The molecule has 2 aromatic rings. The fraction of sp³-hybridized carbons (Fsp3) is 0.300. The lowest BCUT2D eigenvalue weighted by molar-refractivity contribution is -0.116. The molecule has 0 spiro atoms. The smallest absolute Gasteiger partial charge is 0.224 e. The Morgan fingerprint density at radius 1 is 0.960 bits per heavy atom. The first-order valence-corrected chi connectivity index (χ1v) is 8.07. The monoisotopic (exact) mass is 341 g/mol. The molecule has 1 N–H and O–H groups in total. The average molecular weight is 341 g/mol. The summed E-state index contributed by atoms with van der Waals surface area (Å²) in [5, 5.41) is 2.77. The van der Waals surface area contributed by atoms with Gasteiger partial charge in [0.05, 0.1) is 19.9 Å². The van der Waals surface area contributed by atoms with Crippen LogP contribution in [0.5, 0.6) is 11.5 Å². The molecule has 0 aromatic heterocycles. The van der Waals surface area contributed by atoms with Crippen molar-refractivity contribution in [3.8, 4) is 11.5 Å². The Hall–Kier alpha value is -2.82. The molecule has 5 nitrogen and oxygen atoms in total. The van der Waals surface area contributed by atoms with Gasteiger partial charge < -0.3 is 14.8 Å². The van der Waals surface area contributed by atoms with Crippen molar-refractivity contribution in [1.29, 1.82) is 0 Å². The number of amides is 1. The summed E-state index contributed by atoms with van der Waals surface area (Å²) >= 11 is 0. The second-order valence-electron chi connectivity index (χ2n) is 5.86. The number of benzene rings is 2. The highest BCUT2D eigenvalue weighted by Crippen LogP contribution is 2.29. The van der Waals surface area contributed by atoms with Gasteiger partial charge in [0, 0.05) is 24.5 Å². The van der Waals surface area contributed by atoms with E-state index in [1.165, 1.54) is 7.11 Å². The van der Waals surface area contributed by atoms with Crippen molar-refractivity contribution < 1.29 is 19.1 Å². The minimum Gasteiger partial charge on any atom is -0.497 e. The molecular weight excluding hydrogens is 318 g/mol. The van der Waals surface area contributed by atoms with Crippen LogP contribution >= 0.6 is 0 Å². The van der Waals surface area contributed by atoms with E-state index in [0.29, 0.717) is 22.7 Å². The summed E-state index contributed by atoms with van der Waals surface area (Å²) in [6.45, 7) is 3.84. The Bertz CT molecular complexity index is 783. The number of ketones is 1. The van der Waals surface area contributed by atoms with Crippen molar-refractivity contribution in [2.24, 2.45) is 0 Å². The van der Waals surface area contributed by atoms with Crippen LogP contribution in [0.4, 0.5) is 5.69 Å². The SMILES string of the molecule is COc1ccc(NC(=O)CCC(=O)c2cc(C)ccc2C)c(OC)c1. The van der Waals surface area contributed by atoms with Gasteiger partial charge >= 0.3 is 0 Å². The molecule has 132 valence electrons. The predicted octanol–water partition coefficient (Wildman–Crippen LogP) is 3.92. The molecule has 2 rings (SSSR count). The number of hydrogen-bond acceptors (Lipinski definition) is 4. The number of carbonyl (C=O) groups is 2. The highest BCUT2D eigenvalue weighted by Gasteiger charge is 2.13. The molecule has 0 heterocycles. The number of ether oxygens (including phenoxy) is 2. The third kappa shape index (κ3) is 4.83. The Kier molecular flexibility index (Phi) is 6.17. The first-order valence-electron chi connectivity index (χ1n) is 8.07. The molecule has 2 aromatic carbocycles. The summed E-state index contributed by atoms with van der Waals surface area (Å²) in [5.41, 5.74) is 3.18. The number of anilines is 1. The Morgan fingerprint density at radius 2 is 1.72 bits per heavy atom. The van der Waals surface area contributed by atoms with Gasteiger partial charge in [0.2, 0.25) is 5.91 Å². The highest BCUT2D eigenvalue weighted by molar-refractivity contribution is 6.01. The van der Waals surface area contributed by atoms with Crippen molar-refractivity contribution in [3.63, 3.8) is 0 Å². The largest absolute Gasteiger partial charge is 0.497 e. The average Bonchev–Trinajstić information content (AvgIpc) is 2.62. The van der Waals surface area contributed by atoms with Crippen LogP contribution in [0, 0.1) is 13.8 Å². The van der Waals surface area contributed by atoms with Gasteiger partial charge in [-0.2, -0.15) is 0 Å². The molecule has 25 heavy (non-hydrogen) atoms. The molecule has 0 saturated carbocycles. The standard InChI is InChI=1S/C20H23NO4/c1-13-5-6-14(2)16(11-13)18(22)9-10-20(23)21-17-8-7-15(24-3)12-19(17)25-4/h5-8,11-12H,9-10H2,1-4H3,(H,21,23). The second kappa shape index (κ2) is 8.33. The predicted molar refractivity (Wildman–Crippen MR) is 97.7 cm³/mol. The minimum absolute atomic E-state index is 0.0296. The summed E-state index contributed by atoms with van der Waals surface area (Å²) in [6, 6.07) is 10.9. The molecule has 1 amide bonds. The normalized spacial score (nSPS) is 10.2. The minimum atomic E-state index is -0.234. The molecule has 0 radical (unpaired) electrons. The maximum Gasteiger partial charge on any atom is 0.224 e. The van der Waals surface area contributed by atoms with Crippen LogP contribution < -0.4 is 14.8 Å². The van der Waals surface area contributed by atoms with Crippen LogP contribution in [0.2, 0.25) is 0 Å². The molecule has 0 aliphatic rings. The lowest BCUT2D eigenvalue weighted by Gasteiger charge is -2.11. The number of Topliss-reactive ketones (excluding diaryl/α,β-unsaturated/α-hetero) is 1. The van der Waals surface area contributed by atoms with Gasteiger partial charge in [-0.3, -0.25) is 9.59 Å². The summed E-state index contributed by atoms with van der Waals surface area (Å²) < 4.78 is 10.4. The molecule has 0 unspecified atom stereocenters. The number of nitrogens with one attached hydrogen (secondary N) is 1. The maximum atomic E-state index is 12.4. The molecule has 0 aliphatic heterocycles. The van der Waals surface area contributed by atoms with Gasteiger partial charge in [-0.25, -0.2) is 0 Å². The van der Waals surface area contributed by atoms with Gasteiger partial charge in [-0.15, -0.1) is 0 Å². The van der Waals surface area contributed by atoms with Crippen molar-refractivity contribution in [2.75, 3.05) is 19.5 Å². The second-order valence-corrected chi connectivity index (χ2v) is 5.86. The van der Waals surface area contributed by atoms with Crippen LogP contribution in [0.15, 0.2) is 36.4 Å². The lowest BCUT2D eigenvalue weighted by Crippen LogP contribution is -2.14. The van der Waals surface area contributed by atoms with Crippen molar-refractivity contribution in [1.82, 2.24) is 0 Å². The zero-order valence-electron chi connectivity index (χ0n) is 15.0. The molecule has 0 saturated heterocycles. The fourth-order valence-electron chi connectivity index (χ4n) is 2.51. The van der Waals surface area contributed by atoms with Crippen molar-refractivity contribution in [2.45, 2.75) is 26.7 Å². The number of carbonyl (C=O) groups excluding carboxylic acids is 2. The summed E-state index contributed by atoms with van der Waals surface area (Å²) in [4.78, 5) is 24.5. The zero-order chi connectivity index (χ0) is 18.4. The fourth-order valence-corrected chi connectivity index (χ4v) is 2.51. The van der Waals surface area contributed by atoms with E-state index in [0.717, 1.165) is 11.1 Å². The third-order valence-electron chi connectivity index (χ3n) is 3.96. The topological polar surface area (TPSA) is 64.6 Å². The first-order chi connectivity index (χ1) is 11.9. The van der Waals surface area contributed by atoms with E-state index in [1.54, 1.807) is 25.3 Å². The zero-order valence-corrected chi connectivity index (χ0v) is 15.0. The summed E-state index contributed by atoms with van der Waals surface area (Å²) in [5.74, 6) is 0.883.